The molecule has 30 heavy (non-hydrogen) atoms. The summed E-state index contributed by atoms with van der Waals surface area (Å²) in [6.45, 7) is 5.99. The fourth-order valence-corrected chi connectivity index (χ4v) is 3.78. The maximum Gasteiger partial charge on any atom is 0.253 e. The van der Waals surface area contributed by atoms with Crippen molar-refractivity contribution in [2.24, 2.45) is 0 Å². The molecule has 1 atom stereocenters. The molecule has 2 aliphatic heterocycles. The molecule has 0 spiro atoms. The number of piperazine rings is 1. The number of hydrogen-bond acceptors (Lipinski definition) is 5. The number of carbonyl (C=O) groups is 2. The van der Waals surface area contributed by atoms with Gasteiger partial charge in [0, 0.05) is 31.7 Å². The molecule has 2 amide bonds. The second-order valence-corrected chi connectivity index (χ2v) is 7.63. The molecule has 158 valence electrons. The zero-order valence-electron chi connectivity index (χ0n) is 17.2. The van der Waals surface area contributed by atoms with Gasteiger partial charge >= 0.3 is 0 Å². The van der Waals surface area contributed by atoms with Gasteiger partial charge in [0.05, 0.1) is 12.6 Å². The molecule has 1 N–H and O–H groups in total. The molecule has 7 heteroatoms. The van der Waals surface area contributed by atoms with Crippen molar-refractivity contribution in [3.8, 4) is 11.5 Å². The number of amides is 2. The summed E-state index contributed by atoms with van der Waals surface area (Å²) in [5.74, 6) is 1.48. The van der Waals surface area contributed by atoms with Gasteiger partial charge in [-0.2, -0.15) is 0 Å². The van der Waals surface area contributed by atoms with Gasteiger partial charge in [-0.15, -0.1) is 0 Å². The number of nitrogens with zero attached hydrogens (tertiary/aromatic N) is 2. The van der Waals surface area contributed by atoms with Crippen LogP contribution in [-0.4, -0.2) is 67.6 Å². The van der Waals surface area contributed by atoms with Gasteiger partial charge in [-0.25, -0.2) is 0 Å². The molecule has 0 radical (unpaired) electrons. The van der Waals surface area contributed by atoms with Crippen molar-refractivity contribution in [3.63, 3.8) is 0 Å². The van der Waals surface area contributed by atoms with Crippen molar-refractivity contribution >= 4 is 11.8 Å². The summed E-state index contributed by atoms with van der Waals surface area (Å²) < 4.78 is 11.2. The lowest BCUT2D eigenvalue weighted by atomic mass is 10.1. The van der Waals surface area contributed by atoms with Crippen molar-refractivity contribution in [1.82, 2.24) is 15.1 Å². The number of ether oxygens (including phenoxy) is 2. The molecule has 1 saturated heterocycles. The average molecular weight is 409 g/mol. The van der Waals surface area contributed by atoms with Gasteiger partial charge in [-0.05, 0) is 36.8 Å². The first-order valence-corrected chi connectivity index (χ1v) is 10.4. The smallest absolute Gasteiger partial charge is 0.253 e. The Morgan fingerprint density at radius 3 is 2.40 bits per heavy atom. The van der Waals surface area contributed by atoms with Gasteiger partial charge in [0.15, 0.2) is 11.5 Å². The molecule has 2 aliphatic rings. The standard InChI is InChI=1S/C23H27N3O4/c1-17(19-7-8-20-21(15-19)30-14-13-29-20)24-22(27)16-25-9-11-26(12-10-25)23(28)18-5-3-2-4-6-18/h2-8,15,17H,9-14,16H2,1H3,(H,24,27)/t17-/m0/s1. The Morgan fingerprint density at radius 2 is 1.67 bits per heavy atom. The minimum atomic E-state index is -0.130. The lowest BCUT2D eigenvalue weighted by molar-refractivity contribution is -0.123. The van der Waals surface area contributed by atoms with E-state index in [0.717, 1.165) is 17.1 Å². The Morgan fingerprint density at radius 1 is 0.967 bits per heavy atom. The monoisotopic (exact) mass is 409 g/mol. The highest BCUT2D eigenvalue weighted by atomic mass is 16.6. The summed E-state index contributed by atoms with van der Waals surface area (Å²) >= 11 is 0. The number of benzene rings is 2. The lowest BCUT2D eigenvalue weighted by Gasteiger charge is -2.34. The summed E-state index contributed by atoms with van der Waals surface area (Å²) in [6.07, 6.45) is 0. The van der Waals surface area contributed by atoms with Crippen LogP contribution in [0.4, 0.5) is 0 Å². The number of nitrogens with one attached hydrogen (secondary N) is 1. The SMILES string of the molecule is C[C@H](NC(=O)CN1CCN(C(=O)c2ccccc2)CC1)c1ccc2c(c1)OCCO2. The second-order valence-electron chi connectivity index (χ2n) is 7.63. The zero-order valence-corrected chi connectivity index (χ0v) is 17.2. The van der Waals surface area contributed by atoms with E-state index in [1.54, 1.807) is 0 Å². The van der Waals surface area contributed by atoms with E-state index in [9.17, 15) is 9.59 Å². The van der Waals surface area contributed by atoms with Crippen LogP contribution in [0.15, 0.2) is 48.5 Å². The van der Waals surface area contributed by atoms with Crippen LogP contribution < -0.4 is 14.8 Å². The molecule has 0 aliphatic carbocycles. The van der Waals surface area contributed by atoms with E-state index in [1.807, 2.05) is 60.4 Å². The van der Waals surface area contributed by atoms with Gasteiger partial charge in [0.2, 0.25) is 5.91 Å². The van der Waals surface area contributed by atoms with Gasteiger partial charge in [-0.3, -0.25) is 14.5 Å². The second kappa shape index (κ2) is 9.17. The molecule has 0 saturated carbocycles. The number of rotatable bonds is 5. The summed E-state index contributed by atoms with van der Waals surface area (Å²) in [4.78, 5) is 29.0. The van der Waals surface area contributed by atoms with Crippen LogP contribution >= 0.6 is 0 Å². The third kappa shape index (κ3) is 4.74. The third-order valence-corrected chi connectivity index (χ3v) is 5.49. The third-order valence-electron chi connectivity index (χ3n) is 5.49. The van der Waals surface area contributed by atoms with Crippen molar-refractivity contribution < 1.29 is 19.1 Å². The Labute approximate surface area is 176 Å². The number of hydrogen-bond donors (Lipinski definition) is 1. The summed E-state index contributed by atoms with van der Waals surface area (Å²) in [5, 5.41) is 3.05. The van der Waals surface area contributed by atoms with Gasteiger partial charge in [-0.1, -0.05) is 24.3 Å². The van der Waals surface area contributed by atoms with E-state index in [1.165, 1.54) is 0 Å². The number of fused-ring (bicyclic) bond motifs is 1. The molecule has 0 aromatic heterocycles. The van der Waals surface area contributed by atoms with Crippen LogP contribution in [-0.2, 0) is 4.79 Å². The largest absolute Gasteiger partial charge is 0.486 e. The molecule has 2 heterocycles. The zero-order chi connectivity index (χ0) is 20.9. The molecule has 0 unspecified atom stereocenters. The fraction of sp³-hybridized carbons (Fsp3) is 0.391. The van der Waals surface area contributed by atoms with Crippen LogP contribution in [0.1, 0.15) is 28.9 Å². The van der Waals surface area contributed by atoms with Crippen LogP contribution in [0.2, 0.25) is 0 Å². The highest BCUT2D eigenvalue weighted by molar-refractivity contribution is 5.94. The summed E-state index contributed by atoms with van der Waals surface area (Å²) in [7, 11) is 0. The van der Waals surface area contributed by atoms with Crippen molar-refractivity contribution in [3.05, 3.63) is 59.7 Å². The van der Waals surface area contributed by atoms with Crippen molar-refractivity contribution in [2.75, 3.05) is 45.9 Å². The molecule has 4 rings (SSSR count). The number of carbonyl (C=O) groups excluding carboxylic acids is 2. The van der Waals surface area contributed by atoms with E-state index < -0.39 is 0 Å². The normalized spacial score (nSPS) is 17.3. The summed E-state index contributed by atoms with van der Waals surface area (Å²) in [6, 6.07) is 14.9. The Bertz CT molecular complexity index is 895. The van der Waals surface area contributed by atoms with Crippen molar-refractivity contribution in [1.29, 1.82) is 0 Å². The maximum absolute atomic E-state index is 12.5. The molecule has 2 aromatic carbocycles. The highest BCUT2D eigenvalue weighted by Gasteiger charge is 2.24. The Hall–Kier alpha value is -3.06. The summed E-state index contributed by atoms with van der Waals surface area (Å²) in [5.41, 5.74) is 1.68. The van der Waals surface area contributed by atoms with Gasteiger partial charge in [0.1, 0.15) is 13.2 Å². The first kappa shape index (κ1) is 20.2. The van der Waals surface area contributed by atoms with E-state index >= 15 is 0 Å². The topological polar surface area (TPSA) is 71.1 Å². The van der Waals surface area contributed by atoms with E-state index in [-0.39, 0.29) is 17.9 Å². The maximum atomic E-state index is 12.5. The lowest BCUT2D eigenvalue weighted by Crippen LogP contribution is -2.51. The quantitative estimate of drug-likeness (QED) is 0.819. The minimum absolute atomic E-state index is 0.0276. The molecular formula is C23H27N3O4. The Kier molecular flexibility index (Phi) is 6.18. The van der Waals surface area contributed by atoms with E-state index in [4.69, 9.17) is 9.47 Å². The molecule has 1 fully saturated rings. The highest BCUT2D eigenvalue weighted by Crippen LogP contribution is 2.32. The minimum Gasteiger partial charge on any atom is -0.486 e. The predicted octanol–water partition coefficient (Wildman–Crippen LogP) is 2.09. The van der Waals surface area contributed by atoms with Crippen LogP contribution in [0.3, 0.4) is 0 Å². The van der Waals surface area contributed by atoms with Crippen LogP contribution in [0, 0.1) is 0 Å². The van der Waals surface area contributed by atoms with Gasteiger partial charge in [0.25, 0.3) is 5.91 Å². The predicted molar refractivity (Wildman–Crippen MR) is 113 cm³/mol. The van der Waals surface area contributed by atoms with Gasteiger partial charge < -0.3 is 19.7 Å². The average Bonchev–Trinajstić information content (AvgIpc) is 2.79. The first-order valence-electron chi connectivity index (χ1n) is 10.4. The van der Waals surface area contributed by atoms with E-state index in [0.29, 0.717) is 51.5 Å². The molecular weight excluding hydrogens is 382 g/mol. The van der Waals surface area contributed by atoms with E-state index in [2.05, 4.69) is 10.2 Å². The first-order chi connectivity index (χ1) is 14.6. The Balaban J connectivity index is 1.25. The van der Waals surface area contributed by atoms with Crippen LogP contribution in [0.25, 0.3) is 0 Å². The van der Waals surface area contributed by atoms with Crippen molar-refractivity contribution in [2.45, 2.75) is 13.0 Å². The molecule has 0 bridgehead atoms. The molecule has 2 aromatic rings. The van der Waals surface area contributed by atoms with Crippen LogP contribution in [0.5, 0.6) is 11.5 Å². The fourth-order valence-electron chi connectivity index (χ4n) is 3.78. The molecule has 7 nitrogen and oxygen atoms in total.